The number of carbonyl (C=O) groups is 2. The van der Waals surface area contributed by atoms with Crippen molar-refractivity contribution in [3.05, 3.63) is 12.2 Å². The van der Waals surface area contributed by atoms with Gasteiger partial charge in [-0.3, -0.25) is 0 Å². The van der Waals surface area contributed by atoms with Crippen LogP contribution in [0.2, 0.25) is 0 Å². The van der Waals surface area contributed by atoms with Crippen LogP contribution < -0.4 is 0 Å². The number of hydrogen-bond acceptors (Lipinski definition) is 3. The van der Waals surface area contributed by atoms with Crippen molar-refractivity contribution in [2.24, 2.45) is 5.92 Å². The predicted molar refractivity (Wildman–Crippen MR) is 50.2 cm³/mol. The van der Waals surface area contributed by atoms with Gasteiger partial charge in [0.05, 0.1) is 7.11 Å². The van der Waals surface area contributed by atoms with E-state index in [9.17, 15) is 9.59 Å². The minimum Gasteiger partial charge on any atom is -0.466 e. The fraction of sp³-hybridized carbons (Fsp3) is 0.600. The quantitative estimate of drug-likeness (QED) is 0.358. The average Bonchev–Trinajstić information content (AvgIpc) is 2.12. The number of allylic oxidation sites excluding steroid dienone is 1. The van der Waals surface area contributed by atoms with Crippen LogP contribution in [0.15, 0.2) is 12.2 Å². The number of esters is 1. The molecule has 0 aromatic carbocycles. The summed E-state index contributed by atoms with van der Waals surface area (Å²) in [6.45, 7) is 2.01. The highest BCUT2D eigenvalue weighted by atomic mass is 16.5. The number of hydrogen-bond donors (Lipinski definition) is 0. The SMILES string of the molecule is COC(=O)/C=C/CCC(C)CC=O. The third kappa shape index (κ3) is 7.25. The van der Waals surface area contributed by atoms with Gasteiger partial charge in [-0.15, -0.1) is 0 Å². The van der Waals surface area contributed by atoms with E-state index in [1.807, 2.05) is 6.92 Å². The van der Waals surface area contributed by atoms with Gasteiger partial charge in [0.15, 0.2) is 0 Å². The van der Waals surface area contributed by atoms with Crippen LogP contribution in [0.3, 0.4) is 0 Å². The molecule has 3 heteroatoms. The van der Waals surface area contributed by atoms with E-state index < -0.39 is 0 Å². The van der Waals surface area contributed by atoms with Gasteiger partial charge >= 0.3 is 5.97 Å². The molecule has 0 aliphatic rings. The predicted octanol–water partition coefficient (Wildman–Crippen LogP) is 1.72. The average molecular weight is 184 g/mol. The molecule has 0 radical (unpaired) electrons. The maximum Gasteiger partial charge on any atom is 0.330 e. The minimum atomic E-state index is -0.331. The molecule has 0 N–H and O–H groups in total. The van der Waals surface area contributed by atoms with Gasteiger partial charge in [-0.05, 0) is 18.8 Å². The summed E-state index contributed by atoms with van der Waals surface area (Å²) in [5.41, 5.74) is 0. The van der Waals surface area contributed by atoms with Gasteiger partial charge in [0.25, 0.3) is 0 Å². The zero-order valence-electron chi connectivity index (χ0n) is 8.16. The van der Waals surface area contributed by atoms with Crippen molar-refractivity contribution in [1.82, 2.24) is 0 Å². The zero-order valence-corrected chi connectivity index (χ0v) is 8.16. The van der Waals surface area contributed by atoms with Crippen LogP contribution in [0.4, 0.5) is 0 Å². The molecular formula is C10H16O3. The number of ether oxygens (including phenoxy) is 1. The van der Waals surface area contributed by atoms with Gasteiger partial charge in [0.2, 0.25) is 0 Å². The molecule has 0 rings (SSSR count). The van der Waals surface area contributed by atoms with E-state index in [-0.39, 0.29) is 5.97 Å². The fourth-order valence-corrected chi connectivity index (χ4v) is 0.910. The van der Waals surface area contributed by atoms with Crippen LogP contribution >= 0.6 is 0 Å². The van der Waals surface area contributed by atoms with Crippen molar-refractivity contribution in [2.45, 2.75) is 26.2 Å². The molecule has 0 saturated heterocycles. The van der Waals surface area contributed by atoms with Crippen LogP contribution in [-0.4, -0.2) is 19.4 Å². The largest absolute Gasteiger partial charge is 0.466 e. The highest BCUT2D eigenvalue weighted by molar-refractivity contribution is 5.81. The lowest BCUT2D eigenvalue weighted by atomic mass is 10.0. The van der Waals surface area contributed by atoms with Crippen molar-refractivity contribution >= 4 is 12.3 Å². The molecule has 1 unspecified atom stereocenters. The Balaban J connectivity index is 3.48. The zero-order chi connectivity index (χ0) is 10.1. The third-order valence-corrected chi connectivity index (χ3v) is 1.78. The second-order valence-electron chi connectivity index (χ2n) is 3.01. The summed E-state index contributed by atoms with van der Waals surface area (Å²) < 4.78 is 4.42. The molecule has 0 aromatic rings. The highest BCUT2D eigenvalue weighted by Crippen LogP contribution is 2.08. The smallest absolute Gasteiger partial charge is 0.330 e. The van der Waals surface area contributed by atoms with Crippen LogP contribution in [-0.2, 0) is 14.3 Å². The van der Waals surface area contributed by atoms with E-state index in [4.69, 9.17) is 0 Å². The van der Waals surface area contributed by atoms with E-state index in [0.717, 1.165) is 19.1 Å². The minimum absolute atomic E-state index is 0.331. The fourth-order valence-electron chi connectivity index (χ4n) is 0.910. The van der Waals surface area contributed by atoms with Gasteiger partial charge in [0, 0.05) is 12.5 Å². The van der Waals surface area contributed by atoms with E-state index in [1.54, 1.807) is 6.08 Å². The summed E-state index contributed by atoms with van der Waals surface area (Å²) in [6, 6.07) is 0. The highest BCUT2D eigenvalue weighted by Gasteiger charge is 1.98. The maximum atomic E-state index is 10.6. The summed E-state index contributed by atoms with van der Waals surface area (Å²) in [4.78, 5) is 20.7. The molecule has 0 bridgehead atoms. The summed E-state index contributed by atoms with van der Waals surface area (Å²) in [6.07, 6.45) is 6.43. The number of rotatable bonds is 6. The van der Waals surface area contributed by atoms with Crippen molar-refractivity contribution in [3.63, 3.8) is 0 Å². The Morgan fingerprint density at radius 1 is 1.54 bits per heavy atom. The van der Waals surface area contributed by atoms with Crippen molar-refractivity contribution < 1.29 is 14.3 Å². The molecule has 0 fully saturated rings. The number of aldehydes is 1. The van der Waals surface area contributed by atoms with Gasteiger partial charge < -0.3 is 9.53 Å². The molecule has 0 aliphatic carbocycles. The Labute approximate surface area is 78.8 Å². The molecular weight excluding hydrogens is 168 g/mol. The monoisotopic (exact) mass is 184 g/mol. The van der Waals surface area contributed by atoms with Gasteiger partial charge in [-0.1, -0.05) is 13.0 Å². The van der Waals surface area contributed by atoms with E-state index in [2.05, 4.69) is 4.74 Å². The van der Waals surface area contributed by atoms with Gasteiger partial charge in [-0.25, -0.2) is 4.79 Å². The molecule has 1 atom stereocenters. The van der Waals surface area contributed by atoms with Gasteiger partial charge in [-0.2, -0.15) is 0 Å². The Morgan fingerprint density at radius 3 is 2.77 bits per heavy atom. The molecule has 3 nitrogen and oxygen atoms in total. The first-order valence-electron chi connectivity index (χ1n) is 4.38. The second-order valence-corrected chi connectivity index (χ2v) is 3.01. The van der Waals surface area contributed by atoms with Crippen molar-refractivity contribution in [1.29, 1.82) is 0 Å². The van der Waals surface area contributed by atoms with E-state index in [0.29, 0.717) is 12.3 Å². The first-order valence-corrected chi connectivity index (χ1v) is 4.38. The third-order valence-electron chi connectivity index (χ3n) is 1.78. The Morgan fingerprint density at radius 2 is 2.23 bits per heavy atom. The summed E-state index contributed by atoms with van der Waals surface area (Å²) in [5, 5.41) is 0. The molecule has 74 valence electrons. The first-order chi connectivity index (χ1) is 6.20. The summed E-state index contributed by atoms with van der Waals surface area (Å²) in [5.74, 6) is 0.0582. The first kappa shape index (κ1) is 11.9. The van der Waals surface area contributed by atoms with E-state index >= 15 is 0 Å². The lowest BCUT2D eigenvalue weighted by Crippen LogP contribution is -1.96. The molecule has 0 heterocycles. The number of methoxy groups -OCH3 is 1. The summed E-state index contributed by atoms with van der Waals surface area (Å²) >= 11 is 0. The maximum absolute atomic E-state index is 10.6. The lowest BCUT2D eigenvalue weighted by Gasteiger charge is -2.03. The standard InChI is InChI=1S/C10H16O3/c1-9(7-8-11)5-3-4-6-10(12)13-2/h4,6,8-9H,3,5,7H2,1-2H3/b6-4+. The Bertz CT molecular complexity index is 185. The van der Waals surface area contributed by atoms with Crippen molar-refractivity contribution in [3.8, 4) is 0 Å². The van der Waals surface area contributed by atoms with Crippen molar-refractivity contribution in [2.75, 3.05) is 7.11 Å². The van der Waals surface area contributed by atoms with Gasteiger partial charge in [0.1, 0.15) is 6.29 Å². The van der Waals surface area contributed by atoms with Crippen LogP contribution in [0.25, 0.3) is 0 Å². The molecule has 0 aliphatic heterocycles. The van der Waals surface area contributed by atoms with Crippen LogP contribution in [0, 0.1) is 5.92 Å². The summed E-state index contributed by atoms with van der Waals surface area (Å²) in [7, 11) is 1.35. The normalized spacial score (nSPS) is 12.8. The molecule has 0 amide bonds. The number of carbonyl (C=O) groups excluding carboxylic acids is 2. The lowest BCUT2D eigenvalue weighted by molar-refractivity contribution is -0.134. The van der Waals surface area contributed by atoms with Crippen LogP contribution in [0.1, 0.15) is 26.2 Å². The molecule has 13 heavy (non-hydrogen) atoms. The Kier molecular flexibility index (Phi) is 6.88. The molecule has 0 aromatic heterocycles. The van der Waals surface area contributed by atoms with Crippen LogP contribution in [0.5, 0.6) is 0 Å². The molecule has 0 spiro atoms. The molecule has 0 saturated carbocycles. The Hall–Kier alpha value is -1.12. The van der Waals surface area contributed by atoms with E-state index in [1.165, 1.54) is 13.2 Å². The second kappa shape index (κ2) is 7.53. The topological polar surface area (TPSA) is 43.4 Å².